The zero-order chi connectivity index (χ0) is 25.2. The van der Waals surface area contributed by atoms with Crippen LogP contribution >= 0.6 is 11.6 Å². The van der Waals surface area contributed by atoms with Gasteiger partial charge in [-0.2, -0.15) is 5.10 Å². The lowest BCUT2D eigenvalue weighted by Crippen LogP contribution is -2.43. The van der Waals surface area contributed by atoms with Gasteiger partial charge < -0.3 is 11.5 Å². The summed E-state index contributed by atoms with van der Waals surface area (Å²) in [6.07, 6.45) is 4.48. The van der Waals surface area contributed by atoms with Gasteiger partial charge in [0.1, 0.15) is 0 Å². The van der Waals surface area contributed by atoms with E-state index in [1.54, 1.807) is 11.0 Å². The summed E-state index contributed by atoms with van der Waals surface area (Å²) < 4.78 is 29.8. The Kier molecular flexibility index (Phi) is 7.76. The second kappa shape index (κ2) is 10.6. The van der Waals surface area contributed by atoms with Crippen molar-refractivity contribution in [1.29, 1.82) is 0 Å². The Hall–Kier alpha value is -2.52. The summed E-state index contributed by atoms with van der Waals surface area (Å²) in [5.41, 5.74) is 13.4. The van der Waals surface area contributed by atoms with Crippen molar-refractivity contribution in [2.45, 2.75) is 69.2 Å². The third-order valence-corrected chi connectivity index (χ3v) is 7.43. The van der Waals surface area contributed by atoms with Crippen molar-refractivity contribution in [3.63, 3.8) is 0 Å². The van der Waals surface area contributed by atoms with Crippen LogP contribution in [0.1, 0.15) is 79.4 Å². The number of amides is 2. The molecular weight excluding hydrogens is 476 g/mol. The molecule has 190 valence electrons. The standard InChI is InChI=1S/C25H32ClF2N5O2/c26-19-9-4-3-8-18(19)23-21(22(24(30)35)31-33(23)17-6-1-2-7-17)16(14-20(29)34)10-13-32-12-5-11-25(27,28)15-32/h3-4,8-9,16-17H,1-2,5-7,10-15H2,(H2,29,34)(H2,30,35). The average Bonchev–Trinajstić information content (AvgIpc) is 3.44. The Morgan fingerprint density at radius 1 is 1.17 bits per heavy atom. The molecule has 1 saturated heterocycles. The first-order valence-corrected chi connectivity index (χ1v) is 12.6. The van der Waals surface area contributed by atoms with E-state index in [-0.39, 0.29) is 31.1 Å². The van der Waals surface area contributed by atoms with Gasteiger partial charge in [0.05, 0.1) is 18.3 Å². The van der Waals surface area contributed by atoms with E-state index < -0.39 is 23.7 Å². The van der Waals surface area contributed by atoms with Crippen LogP contribution in [0.2, 0.25) is 5.02 Å². The molecule has 1 atom stereocenters. The van der Waals surface area contributed by atoms with Crippen LogP contribution < -0.4 is 11.5 Å². The molecule has 0 bridgehead atoms. The fourth-order valence-electron chi connectivity index (χ4n) is 5.52. The fraction of sp³-hybridized carbons (Fsp3) is 0.560. The van der Waals surface area contributed by atoms with Crippen molar-refractivity contribution in [2.75, 3.05) is 19.6 Å². The van der Waals surface area contributed by atoms with Crippen LogP contribution in [0.3, 0.4) is 0 Å². The first-order valence-electron chi connectivity index (χ1n) is 12.2. The predicted octanol–water partition coefficient (Wildman–Crippen LogP) is 4.50. The van der Waals surface area contributed by atoms with Crippen molar-refractivity contribution in [2.24, 2.45) is 11.5 Å². The number of rotatable bonds is 9. The number of halogens is 3. The number of alkyl halides is 2. The summed E-state index contributed by atoms with van der Waals surface area (Å²) in [5, 5.41) is 5.14. The molecule has 1 aromatic carbocycles. The molecule has 2 fully saturated rings. The Morgan fingerprint density at radius 2 is 1.89 bits per heavy atom. The summed E-state index contributed by atoms with van der Waals surface area (Å²) in [4.78, 5) is 26.4. The summed E-state index contributed by atoms with van der Waals surface area (Å²) in [5.74, 6) is -4.50. The first kappa shape index (κ1) is 25.6. The highest BCUT2D eigenvalue weighted by Crippen LogP contribution is 2.43. The van der Waals surface area contributed by atoms with Gasteiger partial charge in [-0.15, -0.1) is 0 Å². The van der Waals surface area contributed by atoms with E-state index in [0.29, 0.717) is 47.8 Å². The minimum Gasteiger partial charge on any atom is -0.370 e. The lowest BCUT2D eigenvalue weighted by atomic mass is 9.87. The van der Waals surface area contributed by atoms with Crippen LogP contribution in [0.25, 0.3) is 11.3 Å². The van der Waals surface area contributed by atoms with Crippen molar-refractivity contribution in [1.82, 2.24) is 14.7 Å². The van der Waals surface area contributed by atoms with Gasteiger partial charge in [-0.25, -0.2) is 8.78 Å². The number of carbonyl (C=O) groups excluding carboxylic acids is 2. The van der Waals surface area contributed by atoms with Crippen LogP contribution in [0.15, 0.2) is 24.3 Å². The number of hydrogen-bond donors (Lipinski definition) is 2. The normalized spacial score (nSPS) is 19.6. The van der Waals surface area contributed by atoms with E-state index >= 15 is 0 Å². The number of nitrogens with zero attached hydrogens (tertiary/aromatic N) is 3. The summed E-state index contributed by atoms with van der Waals surface area (Å²) in [6, 6.07) is 7.35. The van der Waals surface area contributed by atoms with Gasteiger partial charge in [0.15, 0.2) is 5.69 Å². The third kappa shape index (κ3) is 5.83. The number of benzene rings is 1. The molecule has 0 radical (unpaired) electrons. The molecule has 10 heteroatoms. The molecule has 1 unspecified atom stereocenters. The van der Waals surface area contributed by atoms with E-state index in [1.807, 2.05) is 22.9 Å². The Balaban J connectivity index is 1.79. The lowest BCUT2D eigenvalue weighted by molar-refractivity contribution is -0.118. The summed E-state index contributed by atoms with van der Waals surface area (Å²) in [6.45, 7) is 0.570. The third-order valence-electron chi connectivity index (χ3n) is 7.10. The van der Waals surface area contributed by atoms with E-state index in [1.165, 1.54) is 0 Å². The van der Waals surface area contributed by atoms with Gasteiger partial charge in [0.25, 0.3) is 11.8 Å². The highest BCUT2D eigenvalue weighted by Gasteiger charge is 2.37. The van der Waals surface area contributed by atoms with Crippen LogP contribution in [0.5, 0.6) is 0 Å². The summed E-state index contributed by atoms with van der Waals surface area (Å²) >= 11 is 6.60. The van der Waals surface area contributed by atoms with Crippen molar-refractivity contribution < 1.29 is 18.4 Å². The van der Waals surface area contributed by atoms with Gasteiger partial charge in [-0.05, 0) is 50.8 Å². The fourth-order valence-corrected chi connectivity index (χ4v) is 5.74. The number of nitrogens with two attached hydrogens (primary N) is 2. The maximum Gasteiger partial charge on any atom is 0.269 e. The second-order valence-electron chi connectivity index (χ2n) is 9.73. The van der Waals surface area contributed by atoms with Gasteiger partial charge in [0, 0.05) is 29.0 Å². The molecule has 0 spiro atoms. The molecule has 2 heterocycles. The molecule has 1 aliphatic carbocycles. The molecule has 1 aromatic heterocycles. The monoisotopic (exact) mass is 507 g/mol. The molecule has 2 aromatic rings. The van der Waals surface area contributed by atoms with E-state index in [9.17, 15) is 18.4 Å². The molecule has 1 saturated carbocycles. The maximum absolute atomic E-state index is 14.0. The van der Waals surface area contributed by atoms with Crippen molar-refractivity contribution in [3.05, 3.63) is 40.5 Å². The minimum absolute atomic E-state index is 0.0572. The molecule has 7 nitrogen and oxygen atoms in total. The van der Waals surface area contributed by atoms with Crippen LogP contribution in [0.4, 0.5) is 8.78 Å². The summed E-state index contributed by atoms with van der Waals surface area (Å²) in [7, 11) is 0. The number of likely N-dealkylation sites (tertiary alicyclic amines) is 1. The van der Waals surface area contributed by atoms with E-state index in [2.05, 4.69) is 5.10 Å². The highest BCUT2D eigenvalue weighted by atomic mass is 35.5. The number of aromatic nitrogens is 2. The number of primary amides is 2. The first-order chi connectivity index (χ1) is 16.7. The smallest absolute Gasteiger partial charge is 0.269 e. The second-order valence-corrected chi connectivity index (χ2v) is 10.1. The van der Waals surface area contributed by atoms with Crippen LogP contribution in [-0.4, -0.2) is 52.1 Å². The quantitative estimate of drug-likeness (QED) is 0.521. The number of carbonyl (C=O) groups is 2. The van der Waals surface area contributed by atoms with Gasteiger partial charge in [-0.1, -0.05) is 42.6 Å². The SMILES string of the molecule is NC(=O)CC(CCN1CCCC(F)(F)C1)c1c(C(N)=O)nn(C2CCCC2)c1-c1ccccc1Cl. The lowest BCUT2D eigenvalue weighted by Gasteiger charge is -2.33. The number of piperidine rings is 1. The van der Waals surface area contributed by atoms with Crippen LogP contribution in [-0.2, 0) is 4.79 Å². The topological polar surface area (TPSA) is 107 Å². The molecule has 2 amide bonds. The molecular formula is C25H32ClF2N5O2. The van der Waals surface area contributed by atoms with Gasteiger partial charge in [-0.3, -0.25) is 19.2 Å². The van der Waals surface area contributed by atoms with Crippen LogP contribution in [0, 0.1) is 0 Å². The maximum atomic E-state index is 14.0. The molecule has 4 rings (SSSR count). The predicted molar refractivity (Wildman–Crippen MR) is 130 cm³/mol. The average molecular weight is 508 g/mol. The largest absolute Gasteiger partial charge is 0.370 e. The Labute approximate surface area is 208 Å². The zero-order valence-corrected chi connectivity index (χ0v) is 20.4. The molecule has 35 heavy (non-hydrogen) atoms. The van der Waals surface area contributed by atoms with Crippen molar-refractivity contribution in [3.8, 4) is 11.3 Å². The van der Waals surface area contributed by atoms with Gasteiger partial charge >= 0.3 is 0 Å². The highest BCUT2D eigenvalue weighted by molar-refractivity contribution is 6.33. The molecule has 4 N–H and O–H groups in total. The zero-order valence-electron chi connectivity index (χ0n) is 19.7. The van der Waals surface area contributed by atoms with E-state index in [0.717, 1.165) is 25.7 Å². The Bertz CT molecular complexity index is 1080. The van der Waals surface area contributed by atoms with E-state index in [4.69, 9.17) is 23.1 Å². The van der Waals surface area contributed by atoms with Gasteiger partial charge in [0.2, 0.25) is 5.91 Å². The Morgan fingerprint density at radius 3 is 2.51 bits per heavy atom. The molecule has 2 aliphatic rings. The van der Waals surface area contributed by atoms with Crippen molar-refractivity contribution >= 4 is 23.4 Å². The number of hydrogen-bond acceptors (Lipinski definition) is 4. The molecule has 1 aliphatic heterocycles. The minimum atomic E-state index is -2.73.